The topological polar surface area (TPSA) is 94.8 Å². The first kappa shape index (κ1) is 23.4. The van der Waals surface area contributed by atoms with Crippen LogP contribution in [0.3, 0.4) is 0 Å². The number of ether oxygens (including phenoxy) is 2. The molecule has 0 bridgehead atoms. The maximum absolute atomic E-state index is 12.5. The second-order valence-corrected chi connectivity index (χ2v) is 8.00. The minimum atomic E-state index is -0.803. The van der Waals surface area contributed by atoms with Crippen molar-refractivity contribution >= 4 is 46.0 Å². The van der Waals surface area contributed by atoms with Crippen molar-refractivity contribution in [2.24, 2.45) is 0 Å². The molecule has 0 saturated heterocycles. The van der Waals surface area contributed by atoms with Gasteiger partial charge in [-0.3, -0.25) is 4.79 Å². The fraction of sp³-hybridized carbons (Fsp3) is 0.0800. The second-order valence-electron chi connectivity index (χ2n) is 7.15. The summed E-state index contributed by atoms with van der Waals surface area (Å²) in [4.78, 5) is 37.0. The zero-order valence-corrected chi connectivity index (χ0v) is 19.1. The first-order valence-electron chi connectivity index (χ1n) is 10.1. The fourth-order valence-electron chi connectivity index (χ4n) is 3.08. The molecule has 0 fully saturated rings. The molecule has 0 aliphatic carbocycles. The van der Waals surface area contributed by atoms with Gasteiger partial charge in [0.1, 0.15) is 22.6 Å². The normalized spacial score (nSPS) is 10.6. The molecule has 1 amide bonds. The first-order valence-corrected chi connectivity index (χ1v) is 10.8. The summed E-state index contributed by atoms with van der Waals surface area (Å²) in [5.74, 6) is -0.809. The highest BCUT2D eigenvalue weighted by Gasteiger charge is 2.15. The van der Waals surface area contributed by atoms with E-state index in [1.165, 1.54) is 30.3 Å². The van der Waals surface area contributed by atoms with Gasteiger partial charge in [-0.15, -0.1) is 0 Å². The molecule has 0 atom stereocenters. The van der Waals surface area contributed by atoms with Crippen LogP contribution in [-0.2, 0) is 11.3 Å². The van der Waals surface area contributed by atoms with Gasteiger partial charge in [0.05, 0.1) is 5.02 Å². The standard InChI is InChI=1S/C25H17Cl2NO6/c26-17-7-9-21(20(27)11-17)32-14-23(29)33-18-8-6-16-10-19(25(31)34-22(16)12-18)24(30)28-13-15-4-2-1-3-5-15/h1-12H,13-14H2,(H,28,30). The molecular formula is C25H17Cl2NO6. The van der Waals surface area contributed by atoms with Crippen LogP contribution in [0, 0.1) is 0 Å². The molecule has 3 aromatic carbocycles. The molecule has 172 valence electrons. The number of carbonyl (C=O) groups excluding carboxylic acids is 2. The summed E-state index contributed by atoms with van der Waals surface area (Å²) in [7, 11) is 0. The first-order chi connectivity index (χ1) is 16.4. The Morgan fingerprint density at radius 1 is 0.941 bits per heavy atom. The van der Waals surface area contributed by atoms with Gasteiger partial charge in [0, 0.05) is 23.0 Å². The highest BCUT2D eigenvalue weighted by atomic mass is 35.5. The number of nitrogens with one attached hydrogen (secondary N) is 1. The van der Waals surface area contributed by atoms with Crippen molar-refractivity contribution in [2.45, 2.75) is 6.54 Å². The number of esters is 1. The summed E-state index contributed by atoms with van der Waals surface area (Å²) >= 11 is 11.8. The van der Waals surface area contributed by atoms with Crippen molar-refractivity contribution in [1.82, 2.24) is 5.32 Å². The van der Waals surface area contributed by atoms with E-state index < -0.39 is 24.1 Å². The Bertz CT molecular complexity index is 1420. The fourth-order valence-corrected chi connectivity index (χ4v) is 3.54. The van der Waals surface area contributed by atoms with Crippen LogP contribution in [0.4, 0.5) is 0 Å². The number of carbonyl (C=O) groups is 2. The van der Waals surface area contributed by atoms with Gasteiger partial charge in [0.25, 0.3) is 5.91 Å². The summed E-state index contributed by atoms with van der Waals surface area (Å²) in [6.45, 7) is -0.126. The summed E-state index contributed by atoms with van der Waals surface area (Å²) in [5, 5.41) is 3.89. The largest absolute Gasteiger partial charge is 0.480 e. The molecule has 0 aliphatic heterocycles. The molecule has 34 heavy (non-hydrogen) atoms. The molecule has 0 unspecified atom stereocenters. The van der Waals surface area contributed by atoms with Crippen LogP contribution in [0.1, 0.15) is 15.9 Å². The van der Waals surface area contributed by atoms with Crippen molar-refractivity contribution in [3.63, 3.8) is 0 Å². The molecule has 0 aliphatic rings. The number of hydrogen-bond donors (Lipinski definition) is 1. The molecular weight excluding hydrogens is 481 g/mol. The smallest absolute Gasteiger partial charge is 0.349 e. The average Bonchev–Trinajstić information content (AvgIpc) is 2.82. The molecule has 1 heterocycles. The molecule has 0 spiro atoms. The lowest BCUT2D eigenvalue weighted by Crippen LogP contribution is -2.27. The molecule has 0 radical (unpaired) electrons. The average molecular weight is 498 g/mol. The second kappa shape index (κ2) is 10.4. The Labute approximate surface area is 203 Å². The number of halogens is 2. The van der Waals surface area contributed by atoms with Crippen LogP contribution in [-0.4, -0.2) is 18.5 Å². The van der Waals surface area contributed by atoms with Gasteiger partial charge in [0.2, 0.25) is 0 Å². The maximum atomic E-state index is 12.5. The zero-order valence-electron chi connectivity index (χ0n) is 17.5. The summed E-state index contributed by atoms with van der Waals surface area (Å²) < 4.78 is 15.9. The monoisotopic (exact) mass is 497 g/mol. The van der Waals surface area contributed by atoms with Crippen LogP contribution in [0.5, 0.6) is 11.5 Å². The number of fused-ring (bicyclic) bond motifs is 1. The quantitative estimate of drug-likeness (QED) is 0.219. The van der Waals surface area contributed by atoms with Crippen LogP contribution in [0.2, 0.25) is 10.0 Å². The predicted octanol–water partition coefficient (Wildman–Crippen LogP) is 5.01. The third kappa shape index (κ3) is 5.75. The van der Waals surface area contributed by atoms with Gasteiger partial charge >= 0.3 is 11.6 Å². The summed E-state index contributed by atoms with van der Waals surface area (Å²) in [6.07, 6.45) is 0. The highest BCUT2D eigenvalue weighted by Crippen LogP contribution is 2.27. The van der Waals surface area contributed by atoms with E-state index in [1.807, 2.05) is 30.3 Å². The minimum absolute atomic E-state index is 0.124. The molecule has 9 heteroatoms. The molecule has 4 rings (SSSR count). The van der Waals surface area contributed by atoms with Gasteiger partial charge < -0.3 is 19.2 Å². The van der Waals surface area contributed by atoms with Gasteiger partial charge in [-0.05, 0) is 42.0 Å². The number of hydrogen-bond acceptors (Lipinski definition) is 6. The summed E-state index contributed by atoms with van der Waals surface area (Å²) in [6, 6.07) is 19.8. The van der Waals surface area contributed by atoms with Crippen molar-refractivity contribution in [2.75, 3.05) is 6.61 Å². The molecule has 7 nitrogen and oxygen atoms in total. The van der Waals surface area contributed by atoms with Gasteiger partial charge in [-0.2, -0.15) is 0 Å². The minimum Gasteiger partial charge on any atom is -0.480 e. The molecule has 1 N–H and O–H groups in total. The van der Waals surface area contributed by atoms with Crippen LogP contribution >= 0.6 is 23.2 Å². The highest BCUT2D eigenvalue weighted by molar-refractivity contribution is 6.35. The Morgan fingerprint density at radius 2 is 1.74 bits per heavy atom. The number of amides is 1. The van der Waals surface area contributed by atoms with E-state index >= 15 is 0 Å². The van der Waals surface area contributed by atoms with E-state index in [0.29, 0.717) is 10.4 Å². The lowest BCUT2D eigenvalue weighted by atomic mass is 10.1. The number of benzene rings is 3. The van der Waals surface area contributed by atoms with Crippen LogP contribution < -0.4 is 20.4 Å². The Kier molecular flexibility index (Phi) is 7.15. The SMILES string of the molecule is O=C(COc1ccc(Cl)cc1Cl)Oc1ccc2cc(C(=O)NCc3ccccc3)c(=O)oc2c1. The van der Waals surface area contributed by atoms with Gasteiger partial charge in [-0.1, -0.05) is 53.5 Å². The van der Waals surface area contributed by atoms with Crippen molar-refractivity contribution in [1.29, 1.82) is 0 Å². The Hall–Kier alpha value is -3.81. The van der Waals surface area contributed by atoms with E-state index in [2.05, 4.69) is 5.32 Å². The van der Waals surface area contributed by atoms with Crippen molar-refractivity contribution in [3.05, 3.63) is 104 Å². The van der Waals surface area contributed by atoms with E-state index in [9.17, 15) is 14.4 Å². The van der Waals surface area contributed by atoms with Crippen LogP contribution in [0.15, 0.2) is 82.0 Å². The molecule has 1 aromatic heterocycles. The van der Waals surface area contributed by atoms with E-state index in [-0.39, 0.29) is 34.2 Å². The van der Waals surface area contributed by atoms with E-state index in [1.54, 1.807) is 12.1 Å². The Morgan fingerprint density at radius 3 is 2.50 bits per heavy atom. The maximum Gasteiger partial charge on any atom is 0.349 e. The van der Waals surface area contributed by atoms with Crippen molar-refractivity contribution < 1.29 is 23.5 Å². The zero-order chi connectivity index (χ0) is 24.1. The lowest BCUT2D eigenvalue weighted by Gasteiger charge is -2.09. The van der Waals surface area contributed by atoms with E-state index in [0.717, 1.165) is 5.56 Å². The molecule has 0 saturated carbocycles. The van der Waals surface area contributed by atoms with Crippen LogP contribution in [0.25, 0.3) is 11.0 Å². The predicted molar refractivity (Wildman–Crippen MR) is 128 cm³/mol. The lowest BCUT2D eigenvalue weighted by molar-refractivity contribution is -0.136. The van der Waals surface area contributed by atoms with E-state index in [4.69, 9.17) is 37.1 Å². The van der Waals surface area contributed by atoms with Crippen molar-refractivity contribution in [3.8, 4) is 11.5 Å². The third-order valence-corrected chi connectivity index (χ3v) is 5.25. The number of rotatable bonds is 7. The third-order valence-electron chi connectivity index (χ3n) is 4.72. The van der Waals surface area contributed by atoms with Gasteiger partial charge in [-0.25, -0.2) is 9.59 Å². The van der Waals surface area contributed by atoms with Gasteiger partial charge in [0.15, 0.2) is 6.61 Å². The Balaban J connectivity index is 1.42. The summed E-state index contributed by atoms with van der Waals surface area (Å²) in [5.41, 5.74) is 0.134. The molecule has 4 aromatic rings.